The summed E-state index contributed by atoms with van der Waals surface area (Å²) in [5, 5.41) is 0.799. The molecule has 1 amide bonds. The first kappa shape index (κ1) is 19.9. The summed E-state index contributed by atoms with van der Waals surface area (Å²) < 4.78 is 39.2. The van der Waals surface area contributed by atoms with Gasteiger partial charge in [-0.05, 0) is 24.5 Å². The summed E-state index contributed by atoms with van der Waals surface area (Å²) in [4.78, 5) is 18.9. The molecule has 1 spiro atoms. The molecule has 0 radical (unpaired) electrons. The van der Waals surface area contributed by atoms with Crippen molar-refractivity contribution >= 4 is 26.8 Å². The molecule has 3 saturated heterocycles. The zero-order valence-electron chi connectivity index (χ0n) is 16.7. The van der Waals surface area contributed by atoms with Gasteiger partial charge in [-0.3, -0.25) is 9.78 Å². The molecule has 3 aliphatic rings. The molecule has 2 aromatic rings. The van der Waals surface area contributed by atoms with E-state index in [4.69, 9.17) is 9.47 Å². The van der Waals surface area contributed by atoms with Gasteiger partial charge < -0.3 is 14.4 Å². The Balaban J connectivity index is 1.24. The van der Waals surface area contributed by atoms with Gasteiger partial charge in [0.15, 0.2) is 0 Å². The number of morpholine rings is 1. The molecule has 0 saturated carbocycles. The number of hydrogen-bond acceptors (Lipinski definition) is 6. The van der Waals surface area contributed by atoms with E-state index in [-0.39, 0.29) is 16.7 Å². The van der Waals surface area contributed by atoms with Crippen LogP contribution in [0.5, 0.6) is 0 Å². The van der Waals surface area contributed by atoms with E-state index in [1.54, 1.807) is 24.4 Å². The minimum Gasteiger partial charge on any atom is -0.378 e. The highest BCUT2D eigenvalue weighted by molar-refractivity contribution is 7.89. The second-order valence-electron chi connectivity index (χ2n) is 8.37. The third-order valence-electron chi connectivity index (χ3n) is 6.26. The number of fused-ring (bicyclic) bond motifs is 1. The minimum atomic E-state index is -3.65. The van der Waals surface area contributed by atoms with Crippen molar-refractivity contribution in [2.24, 2.45) is 5.92 Å². The first-order valence-electron chi connectivity index (χ1n) is 10.3. The molecule has 5 rings (SSSR count). The van der Waals surface area contributed by atoms with Gasteiger partial charge in [0.1, 0.15) is 4.90 Å². The largest absolute Gasteiger partial charge is 0.378 e. The van der Waals surface area contributed by atoms with E-state index in [1.165, 1.54) is 4.31 Å². The lowest BCUT2D eigenvalue weighted by Crippen LogP contribution is -2.63. The second kappa shape index (κ2) is 7.56. The van der Waals surface area contributed by atoms with E-state index in [0.717, 1.165) is 5.39 Å². The Labute approximate surface area is 175 Å². The van der Waals surface area contributed by atoms with Crippen LogP contribution in [0.15, 0.2) is 41.4 Å². The molecule has 1 atom stereocenters. The van der Waals surface area contributed by atoms with Crippen molar-refractivity contribution in [2.45, 2.75) is 23.3 Å². The fourth-order valence-electron chi connectivity index (χ4n) is 4.67. The molecule has 8 nitrogen and oxygen atoms in total. The molecule has 4 heterocycles. The first-order valence-corrected chi connectivity index (χ1v) is 11.7. The minimum absolute atomic E-state index is 0.129. The molecule has 30 heavy (non-hydrogen) atoms. The van der Waals surface area contributed by atoms with Crippen molar-refractivity contribution in [1.29, 1.82) is 0 Å². The Kier molecular flexibility index (Phi) is 5.01. The fourth-order valence-corrected chi connectivity index (χ4v) is 6.42. The van der Waals surface area contributed by atoms with Gasteiger partial charge in [0.25, 0.3) is 0 Å². The van der Waals surface area contributed by atoms with Crippen LogP contribution in [0.1, 0.15) is 12.8 Å². The number of sulfonamides is 1. The number of benzene rings is 1. The van der Waals surface area contributed by atoms with Gasteiger partial charge >= 0.3 is 0 Å². The SMILES string of the molecule is O=C(CC1COC2(C1)CN(S(=O)(=O)c1cccc3cccnc13)C2)N1CCOCC1. The molecule has 0 aliphatic carbocycles. The standard InChI is InChI=1S/C21H25N3O5S/c25-19(23-7-9-28-10-8-23)11-16-12-21(29-13-16)14-24(15-21)30(26,27)18-5-1-3-17-4-2-6-22-20(17)18/h1-6,16H,7-15H2. The smallest absolute Gasteiger partial charge is 0.245 e. The highest BCUT2D eigenvalue weighted by Gasteiger charge is 2.54. The zero-order chi connectivity index (χ0) is 20.8. The van der Waals surface area contributed by atoms with Crippen molar-refractivity contribution in [3.8, 4) is 0 Å². The molecule has 9 heteroatoms. The molecule has 1 aromatic heterocycles. The highest BCUT2D eigenvalue weighted by Crippen LogP contribution is 2.42. The number of hydrogen-bond donors (Lipinski definition) is 0. The molecular weight excluding hydrogens is 406 g/mol. The summed E-state index contributed by atoms with van der Waals surface area (Å²) in [6.07, 6.45) is 2.76. The maximum absolute atomic E-state index is 13.2. The van der Waals surface area contributed by atoms with Crippen LogP contribution in [0, 0.1) is 5.92 Å². The van der Waals surface area contributed by atoms with Crippen molar-refractivity contribution < 1.29 is 22.7 Å². The van der Waals surface area contributed by atoms with Crippen molar-refractivity contribution in [1.82, 2.24) is 14.2 Å². The van der Waals surface area contributed by atoms with E-state index in [0.29, 0.717) is 64.4 Å². The third-order valence-corrected chi connectivity index (χ3v) is 8.08. The molecule has 1 aromatic carbocycles. The van der Waals surface area contributed by atoms with Crippen LogP contribution in [0.4, 0.5) is 0 Å². The van der Waals surface area contributed by atoms with Crippen LogP contribution in [0.25, 0.3) is 10.9 Å². The van der Waals surface area contributed by atoms with Crippen molar-refractivity contribution in [3.63, 3.8) is 0 Å². The Morgan fingerprint density at radius 3 is 2.73 bits per heavy atom. The van der Waals surface area contributed by atoms with Crippen LogP contribution in [0.3, 0.4) is 0 Å². The summed E-state index contributed by atoms with van der Waals surface area (Å²) in [6, 6.07) is 8.85. The molecule has 1 unspecified atom stereocenters. The summed E-state index contributed by atoms with van der Waals surface area (Å²) in [5.74, 6) is 0.263. The quantitative estimate of drug-likeness (QED) is 0.724. The van der Waals surface area contributed by atoms with Crippen molar-refractivity contribution in [3.05, 3.63) is 36.5 Å². The number of carbonyl (C=O) groups is 1. The number of carbonyl (C=O) groups excluding carboxylic acids is 1. The monoisotopic (exact) mass is 431 g/mol. The number of nitrogens with zero attached hydrogens (tertiary/aromatic N) is 3. The van der Waals surface area contributed by atoms with Gasteiger partial charge in [-0.25, -0.2) is 8.42 Å². The maximum atomic E-state index is 13.2. The van der Waals surface area contributed by atoms with Gasteiger partial charge in [-0.15, -0.1) is 0 Å². The molecule has 0 N–H and O–H groups in total. The highest BCUT2D eigenvalue weighted by atomic mass is 32.2. The summed E-state index contributed by atoms with van der Waals surface area (Å²) in [5.41, 5.74) is 0.0170. The molecule has 160 valence electrons. The van der Waals surface area contributed by atoms with Crippen LogP contribution in [0.2, 0.25) is 0 Å². The predicted octanol–water partition coefficient (Wildman–Crippen LogP) is 1.26. The third kappa shape index (κ3) is 3.49. The lowest BCUT2D eigenvalue weighted by atomic mass is 9.87. The summed E-state index contributed by atoms with van der Waals surface area (Å²) in [6.45, 7) is 3.60. The van der Waals surface area contributed by atoms with E-state index in [2.05, 4.69) is 4.98 Å². The molecule has 3 aliphatic heterocycles. The van der Waals surface area contributed by atoms with E-state index >= 15 is 0 Å². The number of pyridine rings is 1. The fraction of sp³-hybridized carbons (Fsp3) is 0.524. The average molecular weight is 432 g/mol. The molecule has 0 bridgehead atoms. The number of aromatic nitrogens is 1. The number of ether oxygens (including phenoxy) is 2. The lowest BCUT2D eigenvalue weighted by Gasteiger charge is -2.46. The van der Waals surface area contributed by atoms with Crippen molar-refractivity contribution in [2.75, 3.05) is 46.0 Å². The van der Waals surface area contributed by atoms with Gasteiger partial charge in [0.2, 0.25) is 15.9 Å². The van der Waals surface area contributed by atoms with E-state index in [1.807, 2.05) is 17.0 Å². The van der Waals surface area contributed by atoms with Crippen LogP contribution in [-0.2, 0) is 24.3 Å². The van der Waals surface area contributed by atoms with Gasteiger partial charge in [-0.1, -0.05) is 18.2 Å². The Hall–Kier alpha value is -2.07. The predicted molar refractivity (Wildman–Crippen MR) is 109 cm³/mol. The van der Waals surface area contributed by atoms with E-state index < -0.39 is 15.6 Å². The van der Waals surface area contributed by atoms with Gasteiger partial charge in [-0.2, -0.15) is 4.31 Å². The maximum Gasteiger partial charge on any atom is 0.245 e. The van der Waals surface area contributed by atoms with Crippen LogP contribution >= 0.6 is 0 Å². The normalized spacial score (nSPS) is 24.3. The summed E-state index contributed by atoms with van der Waals surface area (Å²) >= 11 is 0. The van der Waals surface area contributed by atoms with Crippen LogP contribution in [-0.4, -0.2) is 80.1 Å². The second-order valence-corrected chi connectivity index (χ2v) is 10.3. The Morgan fingerprint density at radius 2 is 1.93 bits per heavy atom. The van der Waals surface area contributed by atoms with E-state index in [9.17, 15) is 13.2 Å². The number of para-hydroxylation sites is 1. The molecular formula is C21H25N3O5S. The van der Waals surface area contributed by atoms with Crippen LogP contribution < -0.4 is 0 Å². The Morgan fingerprint density at radius 1 is 1.17 bits per heavy atom. The van der Waals surface area contributed by atoms with Gasteiger partial charge in [0.05, 0.1) is 30.9 Å². The van der Waals surface area contributed by atoms with Gasteiger partial charge in [0, 0.05) is 44.2 Å². The molecule has 3 fully saturated rings. The first-order chi connectivity index (χ1) is 14.5. The number of rotatable bonds is 4. The zero-order valence-corrected chi connectivity index (χ0v) is 17.5. The number of amides is 1. The average Bonchev–Trinajstić information content (AvgIpc) is 3.17. The topological polar surface area (TPSA) is 89.0 Å². The Bertz CT molecular complexity index is 1060. The summed E-state index contributed by atoms with van der Waals surface area (Å²) in [7, 11) is -3.65. The lowest BCUT2D eigenvalue weighted by molar-refractivity contribution is -0.136.